The molecule has 5 nitrogen and oxygen atoms in total. The monoisotopic (exact) mass is 410 g/mol. The van der Waals surface area contributed by atoms with Crippen LogP contribution in [0.4, 0.5) is 13.2 Å². The fraction of sp³-hybridized carbons (Fsp3) is 0.0455. The Morgan fingerprint density at radius 2 is 1.57 bits per heavy atom. The molecule has 1 aromatic heterocycles. The number of rotatable bonds is 3. The number of hydrogen-bond acceptors (Lipinski definition) is 3. The topological polar surface area (TPSA) is 83.0 Å². The van der Waals surface area contributed by atoms with Crippen molar-refractivity contribution >= 4 is 16.9 Å². The lowest BCUT2D eigenvalue weighted by molar-refractivity contribution is -0.137. The number of benzene rings is 3. The number of aromatic nitrogens is 2. The smallest absolute Gasteiger partial charge is 0.416 e. The molecule has 2 N–H and O–H groups in total. The molecule has 0 amide bonds. The van der Waals surface area contributed by atoms with Crippen LogP contribution in [0.3, 0.4) is 0 Å². The highest BCUT2D eigenvalue weighted by Gasteiger charge is 2.32. The Bertz CT molecular complexity index is 1330. The van der Waals surface area contributed by atoms with E-state index in [1.54, 1.807) is 48.5 Å². The van der Waals surface area contributed by atoms with Gasteiger partial charge in [-0.05, 0) is 41.5 Å². The van der Waals surface area contributed by atoms with Gasteiger partial charge in [0.2, 0.25) is 0 Å². The third-order valence-electron chi connectivity index (χ3n) is 4.61. The van der Waals surface area contributed by atoms with E-state index in [2.05, 4.69) is 9.97 Å². The molecule has 0 saturated carbocycles. The van der Waals surface area contributed by atoms with Gasteiger partial charge in [0.05, 0.1) is 22.0 Å². The number of carboxylic acids is 1. The van der Waals surface area contributed by atoms with E-state index >= 15 is 0 Å². The molecule has 0 aliphatic heterocycles. The standard InChI is InChI=1S/C22H13F3N2O3/c23-22(24,25)16-10-14(9-15(11-16)21(29)30)12-5-7-13(8-6-12)19-26-18-4-2-1-3-17(18)20(28)27-19/h1-11H,(H,29,30)(H,26,27,28). The molecule has 0 fully saturated rings. The Hall–Kier alpha value is -3.94. The number of halogens is 3. The van der Waals surface area contributed by atoms with Crippen molar-refractivity contribution in [1.29, 1.82) is 0 Å². The number of nitrogens with zero attached hydrogens (tertiary/aromatic N) is 1. The molecule has 30 heavy (non-hydrogen) atoms. The quantitative estimate of drug-likeness (QED) is 0.499. The van der Waals surface area contributed by atoms with Crippen molar-refractivity contribution in [3.8, 4) is 22.5 Å². The molecule has 4 aromatic rings. The number of H-pyrrole nitrogens is 1. The van der Waals surface area contributed by atoms with Crippen LogP contribution in [0.15, 0.2) is 71.5 Å². The Morgan fingerprint density at radius 1 is 0.900 bits per heavy atom. The predicted molar refractivity (Wildman–Crippen MR) is 105 cm³/mol. The first kappa shape index (κ1) is 19.4. The number of carboxylic acid groups (broad SMARTS) is 1. The summed E-state index contributed by atoms with van der Waals surface area (Å²) in [5.41, 5.74) is -0.198. The van der Waals surface area contributed by atoms with Crippen molar-refractivity contribution < 1.29 is 23.1 Å². The summed E-state index contributed by atoms with van der Waals surface area (Å²) < 4.78 is 39.4. The van der Waals surface area contributed by atoms with Gasteiger partial charge < -0.3 is 10.1 Å². The fourth-order valence-electron chi connectivity index (χ4n) is 3.13. The van der Waals surface area contributed by atoms with Gasteiger partial charge in [-0.25, -0.2) is 9.78 Å². The zero-order valence-corrected chi connectivity index (χ0v) is 15.2. The number of fused-ring (bicyclic) bond motifs is 1. The molecule has 4 rings (SSSR count). The summed E-state index contributed by atoms with van der Waals surface area (Å²) in [5.74, 6) is -1.13. The van der Waals surface area contributed by atoms with Gasteiger partial charge in [0.15, 0.2) is 0 Å². The number of nitrogens with one attached hydrogen (secondary N) is 1. The number of aromatic carboxylic acids is 1. The van der Waals surface area contributed by atoms with Gasteiger partial charge in [0, 0.05) is 5.56 Å². The predicted octanol–water partition coefficient (Wildman–Crippen LogP) is 4.97. The molecule has 0 unspecified atom stereocenters. The largest absolute Gasteiger partial charge is 0.478 e. The molecule has 8 heteroatoms. The molecule has 0 bridgehead atoms. The van der Waals surface area contributed by atoms with Gasteiger partial charge in [-0.1, -0.05) is 36.4 Å². The van der Waals surface area contributed by atoms with Gasteiger partial charge in [0.25, 0.3) is 5.56 Å². The summed E-state index contributed by atoms with van der Waals surface area (Å²) in [6, 6.07) is 15.8. The summed E-state index contributed by atoms with van der Waals surface area (Å²) in [4.78, 5) is 30.6. The fourth-order valence-corrected chi connectivity index (χ4v) is 3.13. The van der Waals surface area contributed by atoms with Gasteiger partial charge in [-0.3, -0.25) is 4.79 Å². The van der Waals surface area contributed by atoms with E-state index in [0.29, 0.717) is 33.9 Å². The van der Waals surface area contributed by atoms with Crippen molar-refractivity contribution in [3.05, 3.63) is 88.2 Å². The van der Waals surface area contributed by atoms with Crippen LogP contribution in [0, 0.1) is 0 Å². The lowest BCUT2D eigenvalue weighted by Gasteiger charge is -2.11. The minimum atomic E-state index is -4.67. The normalized spacial score (nSPS) is 11.6. The van der Waals surface area contributed by atoms with E-state index in [0.717, 1.165) is 6.07 Å². The van der Waals surface area contributed by atoms with Gasteiger partial charge in [-0.15, -0.1) is 0 Å². The van der Waals surface area contributed by atoms with Crippen LogP contribution in [0.2, 0.25) is 0 Å². The maximum Gasteiger partial charge on any atom is 0.416 e. The third kappa shape index (κ3) is 3.67. The summed E-state index contributed by atoms with van der Waals surface area (Å²) in [6.45, 7) is 0. The average molecular weight is 410 g/mol. The number of alkyl halides is 3. The zero-order valence-electron chi connectivity index (χ0n) is 15.2. The molecule has 0 spiro atoms. The number of aromatic amines is 1. The van der Waals surface area contributed by atoms with Crippen LogP contribution in [0.5, 0.6) is 0 Å². The first-order valence-corrected chi connectivity index (χ1v) is 8.78. The van der Waals surface area contributed by atoms with E-state index in [1.807, 2.05) is 0 Å². The van der Waals surface area contributed by atoms with Crippen molar-refractivity contribution in [3.63, 3.8) is 0 Å². The summed E-state index contributed by atoms with van der Waals surface area (Å²) in [6.07, 6.45) is -4.67. The highest BCUT2D eigenvalue weighted by atomic mass is 19.4. The second kappa shape index (κ2) is 7.14. The Balaban J connectivity index is 1.77. The van der Waals surface area contributed by atoms with E-state index in [4.69, 9.17) is 5.11 Å². The summed E-state index contributed by atoms with van der Waals surface area (Å²) >= 11 is 0. The molecule has 150 valence electrons. The molecule has 0 radical (unpaired) electrons. The van der Waals surface area contributed by atoms with Gasteiger partial charge in [-0.2, -0.15) is 13.2 Å². The second-order valence-electron chi connectivity index (χ2n) is 6.61. The minimum absolute atomic E-state index is 0.119. The second-order valence-corrected chi connectivity index (χ2v) is 6.61. The van der Waals surface area contributed by atoms with E-state index in [1.165, 1.54) is 6.07 Å². The Morgan fingerprint density at radius 3 is 2.23 bits per heavy atom. The number of para-hydroxylation sites is 1. The van der Waals surface area contributed by atoms with E-state index in [-0.39, 0.29) is 11.1 Å². The van der Waals surface area contributed by atoms with Crippen molar-refractivity contribution in [1.82, 2.24) is 9.97 Å². The number of carbonyl (C=O) groups is 1. The van der Waals surface area contributed by atoms with Crippen LogP contribution >= 0.6 is 0 Å². The first-order valence-electron chi connectivity index (χ1n) is 8.78. The van der Waals surface area contributed by atoms with Gasteiger partial charge >= 0.3 is 12.1 Å². The Labute approximate surface area is 167 Å². The maximum atomic E-state index is 13.1. The summed E-state index contributed by atoms with van der Waals surface area (Å²) in [7, 11) is 0. The minimum Gasteiger partial charge on any atom is -0.478 e. The van der Waals surface area contributed by atoms with Crippen LogP contribution < -0.4 is 5.56 Å². The third-order valence-corrected chi connectivity index (χ3v) is 4.61. The Kier molecular flexibility index (Phi) is 4.62. The van der Waals surface area contributed by atoms with E-state index < -0.39 is 23.3 Å². The van der Waals surface area contributed by atoms with Crippen molar-refractivity contribution in [2.75, 3.05) is 0 Å². The molecule has 0 saturated heterocycles. The SMILES string of the molecule is O=C(O)c1cc(-c2ccc(-c3nc4ccccc4c(=O)[nH]3)cc2)cc(C(F)(F)F)c1. The van der Waals surface area contributed by atoms with Crippen molar-refractivity contribution in [2.45, 2.75) is 6.18 Å². The highest BCUT2D eigenvalue weighted by molar-refractivity contribution is 5.90. The molecule has 0 aliphatic rings. The number of hydrogen-bond donors (Lipinski definition) is 2. The van der Waals surface area contributed by atoms with E-state index in [9.17, 15) is 22.8 Å². The molecule has 0 atom stereocenters. The van der Waals surface area contributed by atoms with Gasteiger partial charge in [0.1, 0.15) is 5.82 Å². The maximum absolute atomic E-state index is 13.1. The average Bonchev–Trinajstić information content (AvgIpc) is 2.73. The van der Waals surface area contributed by atoms with Crippen LogP contribution in [0.1, 0.15) is 15.9 Å². The zero-order chi connectivity index (χ0) is 21.5. The van der Waals surface area contributed by atoms with Crippen LogP contribution in [0.25, 0.3) is 33.4 Å². The molecule has 3 aromatic carbocycles. The van der Waals surface area contributed by atoms with Crippen LogP contribution in [-0.2, 0) is 6.18 Å². The summed E-state index contributed by atoms with van der Waals surface area (Å²) in [5, 5.41) is 9.59. The lowest BCUT2D eigenvalue weighted by atomic mass is 9.98. The molecule has 1 heterocycles. The molecule has 0 aliphatic carbocycles. The van der Waals surface area contributed by atoms with Crippen molar-refractivity contribution in [2.24, 2.45) is 0 Å². The molecular weight excluding hydrogens is 397 g/mol. The lowest BCUT2D eigenvalue weighted by Crippen LogP contribution is -2.09. The molecular formula is C22H13F3N2O3. The highest BCUT2D eigenvalue weighted by Crippen LogP contribution is 2.34. The first-order chi connectivity index (χ1) is 14.2. The van der Waals surface area contributed by atoms with Crippen LogP contribution in [-0.4, -0.2) is 21.0 Å².